The third-order valence-corrected chi connectivity index (χ3v) is 9.95. The fraction of sp³-hybridized carbons (Fsp3) is 0. The molecule has 5 aromatic carbocycles. The van der Waals surface area contributed by atoms with E-state index in [1.165, 1.54) is 30.3 Å². The molecule has 6 aromatic rings. The second-order valence-electron chi connectivity index (χ2n) is 13.6. The highest BCUT2D eigenvalue weighted by molar-refractivity contribution is 5.81. The van der Waals surface area contributed by atoms with Crippen LogP contribution >= 0.6 is 0 Å². The van der Waals surface area contributed by atoms with E-state index < -0.39 is 137 Å². The lowest BCUT2D eigenvalue weighted by molar-refractivity contribution is 0.376. The molecule has 14 nitrogen and oxygen atoms in total. The lowest BCUT2D eigenvalue weighted by atomic mass is 10.0. The molecule has 0 saturated heterocycles. The van der Waals surface area contributed by atoms with Crippen molar-refractivity contribution in [3.63, 3.8) is 0 Å². The van der Waals surface area contributed by atoms with Crippen LogP contribution in [-0.2, 0) is 0 Å². The number of hydrogen-bond donors (Lipinski definition) is 0. The summed E-state index contributed by atoms with van der Waals surface area (Å²) in [7, 11) is 0. The van der Waals surface area contributed by atoms with Gasteiger partial charge in [-0.15, -0.1) is 0 Å². The maximum Gasteiger partial charge on any atom is 0.274 e. The summed E-state index contributed by atoms with van der Waals surface area (Å²) in [6, 6.07) is 14.4. The molecule has 0 spiro atoms. The summed E-state index contributed by atoms with van der Waals surface area (Å²) in [5, 5.41) is 19.9. The molecule has 0 unspecified atom stereocenters. The third-order valence-electron chi connectivity index (χ3n) is 9.95. The van der Waals surface area contributed by atoms with Gasteiger partial charge in [-0.25, -0.2) is 98.4 Å². The number of nitrogens with zero attached hydrogens (tertiary/aromatic N) is 14. The van der Waals surface area contributed by atoms with Gasteiger partial charge in [0.2, 0.25) is 17.2 Å². The van der Waals surface area contributed by atoms with E-state index in [2.05, 4.69) is 59.4 Å². The first-order valence-electron chi connectivity index (χ1n) is 18.4. The van der Waals surface area contributed by atoms with Gasteiger partial charge in [-0.05, 0) is 30.3 Å². The normalized spacial score (nSPS) is 14.1. The van der Waals surface area contributed by atoms with Crippen LogP contribution in [0.25, 0.3) is 54.3 Å². The number of hydrogen-bond acceptors (Lipinski definition) is 11. The third kappa shape index (κ3) is 6.50. The Labute approximate surface area is 369 Å². The molecule has 9 rings (SSSR count). The monoisotopic (exact) mass is 922 g/mol. The van der Waals surface area contributed by atoms with Crippen LogP contribution in [0.1, 0.15) is 22.5 Å². The molecule has 3 aliphatic rings. The maximum absolute atomic E-state index is 14.9. The van der Waals surface area contributed by atoms with Gasteiger partial charge in [-0.2, -0.15) is 10.5 Å². The molecule has 0 aliphatic carbocycles. The van der Waals surface area contributed by atoms with Crippen LogP contribution in [0.5, 0.6) is 0 Å². The Morgan fingerprint density at radius 2 is 0.926 bits per heavy atom. The van der Waals surface area contributed by atoms with E-state index in [1.807, 2.05) is 6.07 Å². The molecule has 0 fully saturated rings. The van der Waals surface area contributed by atoms with E-state index in [0.717, 1.165) is 0 Å². The number of benzene rings is 5. The fourth-order valence-electron chi connectivity index (χ4n) is 6.86. The molecule has 1 aromatic heterocycles. The van der Waals surface area contributed by atoms with Gasteiger partial charge in [0.25, 0.3) is 5.70 Å². The van der Waals surface area contributed by atoms with E-state index in [1.54, 1.807) is 24.3 Å². The van der Waals surface area contributed by atoms with Gasteiger partial charge in [0, 0.05) is 11.1 Å². The van der Waals surface area contributed by atoms with Crippen LogP contribution in [0, 0.1) is 101 Å². The predicted molar refractivity (Wildman–Crippen MR) is 207 cm³/mol. The molecule has 24 heteroatoms. The van der Waals surface area contributed by atoms with E-state index in [0.29, 0.717) is 10.7 Å². The molecule has 3 aliphatic heterocycles. The molecule has 4 heterocycles. The smallest absolute Gasteiger partial charge is 0.250 e. The molecular formula is C44H8F10N14. The standard InChI is InChI=1S/C44H8F10N14/c1-57-35-15(9-11-21-36(35)65-42(63-21)37(58-2)23-26(47)30(51)33(54)31(52)27(23)48)40-66-39(67-44(68-40)38(59-3)43-60-18-6-4-5-7-19(18)61-43)14-8-10-20-34(16(14)12-55)64-41(62-20)17(13-56)22-24(45)28(49)32(53)29(50)25(22)46/h4-11H/b41-17+,42-37-. The molecule has 0 saturated carbocycles. The number of fused-ring (bicyclic) bond motifs is 3. The summed E-state index contributed by atoms with van der Waals surface area (Å²) in [4.78, 5) is 48.1. The maximum atomic E-state index is 14.9. The Kier molecular flexibility index (Phi) is 10.2. The minimum Gasteiger partial charge on any atom is -0.250 e. The van der Waals surface area contributed by atoms with Gasteiger partial charge in [0.15, 0.2) is 87.3 Å². The number of halogens is 10. The minimum absolute atomic E-state index is 0.192. The molecule has 0 amide bonds. The van der Waals surface area contributed by atoms with Gasteiger partial charge in [0.1, 0.15) is 23.1 Å². The van der Waals surface area contributed by atoms with Crippen molar-refractivity contribution in [1.82, 2.24) is 15.0 Å². The Hall–Kier alpha value is -10.1. The summed E-state index contributed by atoms with van der Waals surface area (Å²) < 4.78 is 144. The average molecular weight is 923 g/mol. The molecule has 0 N–H and O–H groups in total. The summed E-state index contributed by atoms with van der Waals surface area (Å²) in [6.45, 7) is 23.8. The fourth-order valence-corrected chi connectivity index (χ4v) is 6.86. The predicted octanol–water partition coefficient (Wildman–Crippen LogP) is 6.16. The zero-order chi connectivity index (χ0) is 48.5. The highest BCUT2D eigenvalue weighted by Crippen LogP contribution is 2.35. The number of nitriles is 2. The molecule has 0 bridgehead atoms. The van der Waals surface area contributed by atoms with Gasteiger partial charge in [-0.1, -0.05) is 18.2 Å². The number of rotatable bonds is 5. The highest BCUT2D eigenvalue weighted by Gasteiger charge is 2.33. The van der Waals surface area contributed by atoms with Crippen LogP contribution < -0.4 is 32.1 Å². The van der Waals surface area contributed by atoms with Crippen LogP contribution in [-0.4, -0.2) is 15.0 Å². The molecular weight excluding hydrogens is 915 g/mol. The zero-order valence-corrected chi connectivity index (χ0v) is 32.7. The van der Waals surface area contributed by atoms with Crippen molar-refractivity contribution >= 4 is 22.7 Å². The Bertz CT molecular complexity index is 3860. The second kappa shape index (κ2) is 16.1. The van der Waals surface area contributed by atoms with Crippen molar-refractivity contribution in [2.45, 2.75) is 0 Å². The van der Waals surface area contributed by atoms with Crippen LogP contribution in [0.3, 0.4) is 0 Å². The van der Waals surface area contributed by atoms with Crippen molar-refractivity contribution < 1.29 is 43.9 Å². The average Bonchev–Trinajstić information content (AvgIpc) is 4.11. The van der Waals surface area contributed by atoms with E-state index in [4.69, 9.17) is 19.7 Å². The van der Waals surface area contributed by atoms with Crippen molar-refractivity contribution in [2.75, 3.05) is 0 Å². The van der Waals surface area contributed by atoms with Gasteiger partial charge in [0.05, 0.1) is 63.2 Å². The first-order valence-corrected chi connectivity index (χ1v) is 18.4. The number of aromatic nitrogens is 3. The summed E-state index contributed by atoms with van der Waals surface area (Å²) >= 11 is 0. The van der Waals surface area contributed by atoms with E-state index in [-0.39, 0.29) is 27.7 Å². The summed E-state index contributed by atoms with van der Waals surface area (Å²) in [6.07, 6.45) is 0. The van der Waals surface area contributed by atoms with Crippen molar-refractivity contribution in [3.05, 3.63) is 213 Å². The summed E-state index contributed by atoms with van der Waals surface area (Å²) in [5.41, 5.74) is -7.49. The topological polar surface area (TPSA) is 173 Å². The lowest BCUT2D eigenvalue weighted by Crippen LogP contribution is -2.26. The van der Waals surface area contributed by atoms with Gasteiger partial charge in [-0.3, -0.25) is 4.99 Å². The summed E-state index contributed by atoms with van der Waals surface area (Å²) in [5.74, 6) is -27.1. The van der Waals surface area contributed by atoms with E-state index in [9.17, 15) is 54.4 Å². The van der Waals surface area contributed by atoms with E-state index >= 15 is 0 Å². The highest BCUT2D eigenvalue weighted by atomic mass is 19.2. The SMILES string of the molecule is [C-]#[N+]C(=C1N=c2ccccc2=N1)c1nc(-c2ccc3c(c2C#N)=N/C(=C(\C#N)c2c(F)c(F)c(F)c(F)c2F)N=3)nc(-c2ccc3c(c2[N+]#[C-])=N/C(=C(\[N+]#[C-])c2c(F)c(F)c(F)c(F)c2F)N=3)n1. The molecule has 0 atom stereocenters. The largest absolute Gasteiger partial charge is 0.274 e. The Balaban J connectivity index is 1.29. The second-order valence-corrected chi connectivity index (χ2v) is 13.6. The van der Waals surface area contributed by atoms with Crippen LogP contribution in [0.4, 0.5) is 49.6 Å². The van der Waals surface area contributed by atoms with Gasteiger partial charge < -0.3 is 0 Å². The van der Waals surface area contributed by atoms with Crippen molar-refractivity contribution in [3.8, 4) is 34.9 Å². The van der Waals surface area contributed by atoms with Crippen molar-refractivity contribution in [1.29, 1.82) is 10.5 Å². The first kappa shape index (κ1) is 43.1. The zero-order valence-electron chi connectivity index (χ0n) is 32.7. The molecule has 324 valence electrons. The van der Waals surface area contributed by atoms with Crippen molar-refractivity contribution in [2.24, 2.45) is 30.0 Å². The van der Waals surface area contributed by atoms with Crippen LogP contribution in [0.15, 0.2) is 95.9 Å². The first-order chi connectivity index (χ1) is 32.6. The van der Waals surface area contributed by atoms with Gasteiger partial charge >= 0.3 is 0 Å². The Morgan fingerprint density at radius 1 is 0.471 bits per heavy atom. The lowest BCUT2D eigenvalue weighted by Gasteiger charge is -2.10. The quantitative estimate of drug-likeness (QED) is 0.0661. The number of allylic oxidation sites excluding steroid dienone is 1. The molecule has 0 radical (unpaired) electrons. The number of para-hydroxylation sites is 2. The Morgan fingerprint density at radius 3 is 1.46 bits per heavy atom. The minimum atomic E-state index is -2.49. The van der Waals surface area contributed by atoms with Crippen LogP contribution in [0.2, 0.25) is 0 Å². The molecule has 68 heavy (non-hydrogen) atoms.